The maximum Gasteiger partial charge on any atom is 0.244 e. The Labute approximate surface area is 188 Å². The second kappa shape index (κ2) is 6.34. The third-order valence-electron chi connectivity index (χ3n) is 6.58. The Balaban J connectivity index is 1.84. The van der Waals surface area contributed by atoms with Gasteiger partial charge >= 0.3 is 0 Å². The van der Waals surface area contributed by atoms with Gasteiger partial charge in [-0.05, 0) is 30.3 Å². The van der Waals surface area contributed by atoms with E-state index in [-0.39, 0.29) is 5.91 Å². The Morgan fingerprint density at radius 1 is 0.774 bits per heavy atom. The lowest BCUT2D eigenvalue weighted by atomic mass is 9.70. The summed E-state index contributed by atoms with van der Waals surface area (Å²) in [5, 5.41) is 5.35. The molecule has 152 valence electrons. The molecule has 0 saturated heterocycles. The zero-order valence-corrected chi connectivity index (χ0v) is 18.8. The van der Waals surface area contributed by atoms with Crippen molar-refractivity contribution < 1.29 is 4.79 Å². The molecular weight excluding hydrogens is 450 g/mol. The lowest BCUT2D eigenvalue weighted by molar-refractivity contribution is -0.118. The van der Waals surface area contributed by atoms with Crippen LogP contribution in [0.5, 0.6) is 0 Å². The normalized spacial score (nSPS) is 14.9. The summed E-state index contributed by atoms with van der Waals surface area (Å²) in [6.45, 7) is 0. The average molecular weight is 470 g/mol. The zero-order chi connectivity index (χ0) is 21.3. The van der Waals surface area contributed by atoms with Gasteiger partial charge in [0.25, 0.3) is 0 Å². The van der Waals surface area contributed by atoms with Crippen LogP contribution in [-0.4, -0.2) is 15.0 Å². The van der Waals surface area contributed by atoms with Gasteiger partial charge in [0.05, 0.1) is 0 Å². The van der Waals surface area contributed by atoms with E-state index in [1.165, 1.54) is 0 Å². The Kier molecular flexibility index (Phi) is 3.78. The van der Waals surface area contributed by atoms with E-state index in [0.717, 1.165) is 48.7 Å². The van der Waals surface area contributed by atoms with Crippen LogP contribution in [0.3, 0.4) is 0 Å². The van der Waals surface area contributed by atoms with Gasteiger partial charge in [-0.15, -0.1) is 0 Å². The van der Waals surface area contributed by atoms with Crippen molar-refractivity contribution in [1.29, 1.82) is 0 Å². The number of benzene rings is 3. The second-order valence-electron chi connectivity index (χ2n) is 8.24. The van der Waals surface area contributed by atoms with Gasteiger partial charge in [-0.1, -0.05) is 52.3 Å². The summed E-state index contributed by atoms with van der Waals surface area (Å²) in [6, 6.07) is 22.6. The van der Waals surface area contributed by atoms with Gasteiger partial charge in [0, 0.05) is 75.1 Å². The van der Waals surface area contributed by atoms with Gasteiger partial charge in [-0.2, -0.15) is 0 Å². The van der Waals surface area contributed by atoms with Gasteiger partial charge < -0.3 is 14.5 Å². The highest BCUT2D eigenvalue weighted by Gasteiger charge is 2.52. The van der Waals surface area contributed by atoms with Gasteiger partial charge in [0.1, 0.15) is 5.41 Å². The van der Waals surface area contributed by atoms with Gasteiger partial charge in [0.2, 0.25) is 5.91 Å². The van der Waals surface area contributed by atoms with E-state index < -0.39 is 5.41 Å². The van der Waals surface area contributed by atoms with Crippen molar-refractivity contribution in [3.63, 3.8) is 0 Å². The molecule has 5 aromatic rings. The summed E-state index contributed by atoms with van der Waals surface area (Å²) in [5.74, 6) is -0.0201. The van der Waals surface area contributed by atoms with Crippen molar-refractivity contribution in [2.24, 2.45) is 14.1 Å². The number of aromatic nitrogens is 2. The molecule has 3 heterocycles. The van der Waals surface area contributed by atoms with Crippen molar-refractivity contribution in [3.05, 3.63) is 100 Å². The Hall–Kier alpha value is -3.31. The van der Waals surface area contributed by atoms with Crippen LogP contribution < -0.4 is 5.32 Å². The van der Waals surface area contributed by atoms with E-state index in [1.54, 1.807) is 0 Å². The molecule has 5 heteroatoms. The van der Waals surface area contributed by atoms with E-state index in [0.29, 0.717) is 0 Å². The largest absolute Gasteiger partial charge is 0.350 e. The molecule has 3 aromatic carbocycles. The molecule has 4 nitrogen and oxygen atoms in total. The number of rotatable bonds is 2. The molecule has 0 saturated carbocycles. The Morgan fingerprint density at radius 2 is 1.32 bits per heavy atom. The van der Waals surface area contributed by atoms with Crippen molar-refractivity contribution >= 4 is 49.3 Å². The van der Waals surface area contributed by atoms with Crippen molar-refractivity contribution in [2.75, 3.05) is 5.32 Å². The van der Waals surface area contributed by atoms with Crippen LogP contribution in [0.1, 0.15) is 16.7 Å². The number of hydrogen-bond donors (Lipinski definition) is 1. The summed E-state index contributed by atoms with van der Waals surface area (Å²) >= 11 is 3.64. The van der Waals surface area contributed by atoms with Crippen LogP contribution in [0, 0.1) is 0 Å². The van der Waals surface area contributed by atoms with Crippen LogP contribution in [0.2, 0.25) is 0 Å². The zero-order valence-electron chi connectivity index (χ0n) is 17.2. The van der Waals surface area contributed by atoms with E-state index in [9.17, 15) is 4.79 Å². The molecule has 0 spiro atoms. The first kappa shape index (κ1) is 18.5. The van der Waals surface area contributed by atoms with Gasteiger partial charge in [-0.25, -0.2) is 0 Å². The molecule has 0 bridgehead atoms. The minimum absolute atomic E-state index is 0.0201. The average Bonchev–Trinajstić information content (AvgIpc) is 3.39. The summed E-state index contributed by atoms with van der Waals surface area (Å²) in [4.78, 5) is 14.0. The molecular formula is C26H20BrN3O. The second-order valence-corrected chi connectivity index (χ2v) is 9.15. The molecule has 0 radical (unpaired) electrons. The molecule has 2 aromatic heterocycles. The maximum atomic E-state index is 14.0. The summed E-state index contributed by atoms with van der Waals surface area (Å²) in [5.41, 5.74) is 5.07. The van der Waals surface area contributed by atoms with E-state index in [4.69, 9.17) is 0 Å². The van der Waals surface area contributed by atoms with Crippen molar-refractivity contribution in [2.45, 2.75) is 5.41 Å². The SMILES string of the molecule is Cn1cc(C2(c3cn(C)c4ccccc34)C(=O)Nc3ccc(Br)cc32)c2ccccc21. The number of hydrogen-bond acceptors (Lipinski definition) is 1. The first-order chi connectivity index (χ1) is 15.0. The molecule has 1 aliphatic heterocycles. The highest BCUT2D eigenvalue weighted by atomic mass is 79.9. The Bertz CT molecular complexity index is 1440. The summed E-state index contributed by atoms with van der Waals surface area (Å²) < 4.78 is 5.18. The molecule has 1 amide bonds. The summed E-state index contributed by atoms with van der Waals surface area (Å²) in [6.07, 6.45) is 4.23. The number of nitrogens with one attached hydrogen (secondary N) is 1. The van der Waals surface area contributed by atoms with Gasteiger partial charge in [-0.3, -0.25) is 4.79 Å². The number of nitrogens with zero attached hydrogens (tertiary/aromatic N) is 2. The highest BCUT2D eigenvalue weighted by molar-refractivity contribution is 9.10. The fourth-order valence-corrected chi connectivity index (χ4v) is 5.60. The van der Waals surface area contributed by atoms with E-state index >= 15 is 0 Å². The third kappa shape index (κ3) is 2.32. The highest BCUT2D eigenvalue weighted by Crippen LogP contribution is 2.52. The van der Waals surface area contributed by atoms with Crippen molar-refractivity contribution in [3.8, 4) is 0 Å². The number of fused-ring (bicyclic) bond motifs is 3. The number of halogens is 1. The number of para-hydroxylation sites is 2. The van der Waals surface area contributed by atoms with Gasteiger partial charge in [0.15, 0.2) is 0 Å². The van der Waals surface area contributed by atoms with Crippen LogP contribution in [0.25, 0.3) is 21.8 Å². The molecule has 6 rings (SSSR count). The molecule has 1 N–H and O–H groups in total. The molecule has 0 atom stereocenters. The Morgan fingerprint density at radius 3 is 1.90 bits per heavy atom. The van der Waals surface area contributed by atoms with Crippen LogP contribution in [0.4, 0.5) is 5.69 Å². The first-order valence-corrected chi connectivity index (χ1v) is 11.0. The molecule has 0 aliphatic carbocycles. The van der Waals surface area contributed by atoms with Crippen molar-refractivity contribution in [1.82, 2.24) is 9.13 Å². The third-order valence-corrected chi connectivity index (χ3v) is 7.07. The van der Waals surface area contributed by atoms with E-state index in [1.807, 2.05) is 50.5 Å². The van der Waals surface area contributed by atoms with Crippen LogP contribution >= 0.6 is 15.9 Å². The topological polar surface area (TPSA) is 39.0 Å². The smallest absolute Gasteiger partial charge is 0.244 e. The quantitative estimate of drug-likeness (QED) is 0.352. The predicted molar refractivity (Wildman–Crippen MR) is 128 cm³/mol. The number of carbonyl (C=O) groups excluding carboxylic acids is 1. The molecule has 1 aliphatic rings. The molecule has 0 fully saturated rings. The number of carbonyl (C=O) groups is 1. The predicted octanol–water partition coefficient (Wildman–Crippen LogP) is 5.72. The molecule has 0 unspecified atom stereocenters. The molecule has 31 heavy (non-hydrogen) atoms. The number of amides is 1. The first-order valence-electron chi connectivity index (χ1n) is 10.2. The minimum atomic E-state index is -0.957. The van der Waals surface area contributed by atoms with E-state index in [2.05, 4.69) is 73.1 Å². The standard InChI is InChI=1S/C26H20BrN3O/c1-29-14-20(17-7-3-5-9-23(17)29)26(19-13-16(27)11-12-22(19)28-25(26)31)21-15-30(2)24-10-6-4-8-18(21)24/h3-15H,1-2H3,(H,28,31). The maximum absolute atomic E-state index is 14.0. The summed E-state index contributed by atoms with van der Waals surface area (Å²) in [7, 11) is 4.08. The number of aryl methyl sites for hydroxylation is 2. The fraction of sp³-hybridized carbons (Fsp3) is 0.115. The minimum Gasteiger partial charge on any atom is -0.350 e. The monoisotopic (exact) mass is 469 g/mol. The van der Waals surface area contributed by atoms with Crippen LogP contribution in [0.15, 0.2) is 83.6 Å². The lowest BCUT2D eigenvalue weighted by Gasteiger charge is -2.28. The van der Waals surface area contributed by atoms with Crippen LogP contribution in [-0.2, 0) is 24.3 Å². The lowest BCUT2D eigenvalue weighted by Crippen LogP contribution is -2.36. The number of anilines is 1. The fourth-order valence-electron chi connectivity index (χ4n) is 5.24.